The van der Waals surface area contributed by atoms with Gasteiger partial charge in [0.15, 0.2) is 5.52 Å². The molecule has 0 radical (unpaired) electrons. The van der Waals surface area contributed by atoms with Crippen molar-refractivity contribution >= 4 is 62.5 Å². The molecule has 5 nitrogen and oxygen atoms in total. The van der Waals surface area contributed by atoms with Crippen LogP contribution in [0, 0.1) is 0 Å². The first-order chi connectivity index (χ1) is 15.1. The maximum Gasteiger partial charge on any atom is 0.305 e. The highest BCUT2D eigenvalue weighted by molar-refractivity contribution is 8.00. The van der Waals surface area contributed by atoms with Crippen LogP contribution >= 0.6 is 23.4 Å². The second-order valence-corrected chi connectivity index (χ2v) is 8.85. The maximum absolute atomic E-state index is 13.0. The second kappa shape index (κ2) is 8.21. The van der Waals surface area contributed by atoms with Crippen LogP contribution in [-0.4, -0.2) is 21.1 Å². The molecule has 0 aliphatic heterocycles. The Hall–Kier alpha value is -3.09. The summed E-state index contributed by atoms with van der Waals surface area (Å²) in [5, 5.41) is 5.16. The highest BCUT2D eigenvalue weighted by Gasteiger charge is 2.26. The van der Waals surface area contributed by atoms with Crippen molar-refractivity contribution in [3.05, 3.63) is 77.8 Å². The molecule has 0 aliphatic carbocycles. The predicted octanol–water partition coefficient (Wildman–Crippen LogP) is 5.62. The van der Waals surface area contributed by atoms with Gasteiger partial charge in [0.05, 0.1) is 10.6 Å². The molecule has 0 aliphatic rings. The van der Waals surface area contributed by atoms with Crippen LogP contribution in [0.5, 0.6) is 0 Å². The molecule has 5 aromatic rings. The monoisotopic (exact) mass is 447 g/mol. The summed E-state index contributed by atoms with van der Waals surface area (Å²) in [4.78, 5) is 21.5. The number of H-pyrrole nitrogens is 1. The van der Waals surface area contributed by atoms with Gasteiger partial charge in [-0.1, -0.05) is 47.8 Å². The molecule has 2 N–H and O–H groups in total. The summed E-state index contributed by atoms with van der Waals surface area (Å²) in [6.45, 7) is 2.01. The molecular formula is C24H20ClN4OS+. The van der Waals surface area contributed by atoms with Gasteiger partial charge in [-0.15, -0.1) is 0 Å². The number of amides is 1. The standard InChI is InChI=1S/C24H19ClN4OS/c1-2-21(23(30)26-16-13-11-15(25)12-14-16)31-24-28-18-8-4-3-7-17(18)22-27-19-9-5-6-10-20(19)29(22)24/h3-14,21H,2H2,1H3,(H,26,30)/p+1. The van der Waals surface area contributed by atoms with Crippen LogP contribution in [0.2, 0.25) is 5.02 Å². The van der Waals surface area contributed by atoms with Crippen LogP contribution in [0.4, 0.5) is 5.69 Å². The van der Waals surface area contributed by atoms with Crippen LogP contribution in [0.15, 0.2) is 78.0 Å². The van der Waals surface area contributed by atoms with Gasteiger partial charge in [0.2, 0.25) is 11.6 Å². The van der Waals surface area contributed by atoms with E-state index in [4.69, 9.17) is 16.6 Å². The molecule has 0 saturated heterocycles. The Kier molecular flexibility index (Phi) is 5.26. The van der Waals surface area contributed by atoms with E-state index in [-0.39, 0.29) is 11.2 Å². The van der Waals surface area contributed by atoms with E-state index in [2.05, 4.69) is 32.9 Å². The van der Waals surface area contributed by atoms with Crippen LogP contribution in [0.25, 0.3) is 27.6 Å². The number of hydrogen-bond acceptors (Lipinski definition) is 3. The average molecular weight is 448 g/mol. The van der Waals surface area contributed by atoms with Crippen molar-refractivity contribution in [1.82, 2.24) is 9.97 Å². The van der Waals surface area contributed by atoms with Gasteiger partial charge in [-0.3, -0.25) is 9.78 Å². The number of fused-ring (bicyclic) bond motifs is 5. The zero-order chi connectivity index (χ0) is 21.4. The van der Waals surface area contributed by atoms with E-state index in [0.29, 0.717) is 11.4 Å². The Morgan fingerprint density at radius 2 is 1.84 bits per heavy atom. The summed E-state index contributed by atoms with van der Waals surface area (Å²) in [5.74, 6) is -0.0571. The SMILES string of the molecule is CCC(Sc1nc2ccccc2c2[nH]c3ccccc3[n+]12)C(=O)Nc1ccc(Cl)cc1. The van der Waals surface area contributed by atoms with Gasteiger partial charge in [0.25, 0.3) is 0 Å². The Bertz CT molecular complexity index is 1410. The summed E-state index contributed by atoms with van der Waals surface area (Å²) in [5.41, 5.74) is 4.66. The third-order valence-corrected chi connectivity index (χ3v) is 6.78. The summed E-state index contributed by atoms with van der Waals surface area (Å²) in [6, 6.07) is 23.3. The van der Waals surface area contributed by atoms with Crippen molar-refractivity contribution in [3.8, 4) is 0 Å². The van der Waals surface area contributed by atoms with Gasteiger partial charge < -0.3 is 5.32 Å². The lowest BCUT2D eigenvalue weighted by molar-refractivity contribution is -0.530. The molecule has 0 bridgehead atoms. The van der Waals surface area contributed by atoms with Crippen molar-refractivity contribution in [2.24, 2.45) is 0 Å². The fraction of sp³-hybridized carbons (Fsp3) is 0.125. The maximum atomic E-state index is 13.0. The number of carbonyl (C=O) groups is 1. The quantitative estimate of drug-likeness (QED) is 0.209. The third kappa shape index (κ3) is 3.73. The molecule has 1 unspecified atom stereocenters. The number of rotatable bonds is 5. The number of halogens is 1. The summed E-state index contributed by atoms with van der Waals surface area (Å²) >= 11 is 7.43. The smallest absolute Gasteiger partial charge is 0.305 e. The summed E-state index contributed by atoms with van der Waals surface area (Å²) in [7, 11) is 0. The first-order valence-electron chi connectivity index (χ1n) is 10.1. The lowest BCUT2D eigenvalue weighted by Crippen LogP contribution is -2.30. The number of hydrogen-bond donors (Lipinski definition) is 2. The lowest BCUT2D eigenvalue weighted by atomic mass is 10.2. The minimum Gasteiger partial charge on any atom is -0.325 e. The van der Waals surface area contributed by atoms with Gasteiger partial charge in [-0.05, 0) is 66.7 Å². The van der Waals surface area contributed by atoms with Gasteiger partial charge in [0.1, 0.15) is 11.0 Å². The number of carbonyl (C=O) groups excluding carboxylic acids is 1. The van der Waals surface area contributed by atoms with E-state index in [1.807, 2.05) is 37.3 Å². The molecule has 3 aromatic carbocycles. The number of nitrogens with zero attached hydrogens (tertiary/aromatic N) is 2. The molecule has 2 aromatic heterocycles. The van der Waals surface area contributed by atoms with Crippen LogP contribution < -0.4 is 9.72 Å². The van der Waals surface area contributed by atoms with E-state index in [0.717, 1.165) is 38.4 Å². The Morgan fingerprint density at radius 1 is 1.10 bits per heavy atom. The number of aromatic amines is 1. The van der Waals surface area contributed by atoms with Crippen molar-refractivity contribution in [1.29, 1.82) is 0 Å². The number of thioether (sulfide) groups is 1. The predicted molar refractivity (Wildman–Crippen MR) is 127 cm³/mol. The fourth-order valence-electron chi connectivity index (χ4n) is 3.67. The molecule has 0 saturated carbocycles. The van der Waals surface area contributed by atoms with Gasteiger partial charge >= 0.3 is 5.16 Å². The molecule has 1 atom stereocenters. The van der Waals surface area contributed by atoms with Gasteiger partial charge in [-0.2, -0.15) is 4.40 Å². The largest absolute Gasteiger partial charge is 0.325 e. The minimum atomic E-state index is -0.297. The van der Waals surface area contributed by atoms with Crippen molar-refractivity contribution in [2.45, 2.75) is 23.8 Å². The molecule has 154 valence electrons. The van der Waals surface area contributed by atoms with Crippen LogP contribution in [-0.2, 0) is 4.79 Å². The minimum absolute atomic E-state index is 0.0571. The third-order valence-electron chi connectivity index (χ3n) is 5.21. The highest BCUT2D eigenvalue weighted by atomic mass is 35.5. The topological polar surface area (TPSA) is 61.9 Å². The normalized spacial score (nSPS) is 12.5. The first kappa shape index (κ1) is 19.8. The number of aromatic nitrogens is 3. The van der Waals surface area contributed by atoms with Crippen LogP contribution in [0.3, 0.4) is 0 Å². The number of benzene rings is 3. The highest BCUT2D eigenvalue weighted by Crippen LogP contribution is 2.28. The molecule has 0 spiro atoms. The fourth-order valence-corrected chi connectivity index (χ4v) is 4.83. The average Bonchev–Trinajstić information content (AvgIpc) is 3.19. The molecule has 1 amide bonds. The number of nitrogens with one attached hydrogen (secondary N) is 2. The number of para-hydroxylation sites is 3. The Labute approximate surface area is 188 Å². The van der Waals surface area contributed by atoms with E-state index < -0.39 is 0 Å². The molecule has 2 heterocycles. The second-order valence-electron chi connectivity index (χ2n) is 7.25. The van der Waals surface area contributed by atoms with Crippen LogP contribution in [0.1, 0.15) is 13.3 Å². The van der Waals surface area contributed by atoms with Crippen molar-refractivity contribution in [3.63, 3.8) is 0 Å². The summed E-state index contributed by atoms with van der Waals surface area (Å²) < 4.78 is 2.11. The van der Waals surface area contributed by atoms with E-state index >= 15 is 0 Å². The zero-order valence-electron chi connectivity index (χ0n) is 16.8. The number of anilines is 1. The molecule has 31 heavy (non-hydrogen) atoms. The van der Waals surface area contributed by atoms with Gasteiger partial charge in [0, 0.05) is 10.7 Å². The van der Waals surface area contributed by atoms with Crippen molar-refractivity contribution in [2.75, 3.05) is 5.32 Å². The van der Waals surface area contributed by atoms with E-state index in [9.17, 15) is 4.79 Å². The molecule has 5 rings (SSSR count). The van der Waals surface area contributed by atoms with Crippen molar-refractivity contribution < 1.29 is 9.20 Å². The zero-order valence-corrected chi connectivity index (χ0v) is 18.4. The lowest BCUT2D eigenvalue weighted by Gasteiger charge is -2.13. The molecule has 0 fully saturated rings. The molecule has 7 heteroatoms. The molecular weight excluding hydrogens is 428 g/mol. The van der Waals surface area contributed by atoms with Gasteiger partial charge in [-0.25, -0.2) is 0 Å². The van der Waals surface area contributed by atoms with E-state index in [1.165, 1.54) is 11.8 Å². The first-order valence-corrected chi connectivity index (χ1v) is 11.3. The summed E-state index contributed by atoms with van der Waals surface area (Å²) in [6.07, 6.45) is 0.670. The number of imidazole rings is 1. The Balaban J connectivity index is 1.57. The Morgan fingerprint density at radius 3 is 2.65 bits per heavy atom. The van der Waals surface area contributed by atoms with E-state index in [1.54, 1.807) is 24.3 Å².